The number of rotatable bonds is 7. The standard InChI is InChI=1S/C17H35N3/c1-5-11-20-12-7-16(8-13-20)15(2)18-14-17(19(3)4)9-6-10-17/h15-16,18H,5-14H2,1-4H3. The van der Waals surface area contributed by atoms with E-state index in [1.165, 1.54) is 64.7 Å². The molecule has 3 nitrogen and oxygen atoms in total. The molecule has 1 aliphatic heterocycles. The van der Waals surface area contributed by atoms with Crippen molar-refractivity contribution in [2.24, 2.45) is 5.92 Å². The quantitative estimate of drug-likeness (QED) is 0.774. The first kappa shape index (κ1) is 16.3. The second kappa shape index (κ2) is 7.24. The summed E-state index contributed by atoms with van der Waals surface area (Å²) in [5, 5.41) is 3.86. The zero-order chi connectivity index (χ0) is 14.6. The van der Waals surface area contributed by atoms with Crippen molar-refractivity contribution in [2.75, 3.05) is 40.3 Å². The smallest absolute Gasteiger partial charge is 0.0328 e. The largest absolute Gasteiger partial charge is 0.312 e. The molecule has 0 aromatic rings. The molecule has 1 N–H and O–H groups in total. The SMILES string of the molecule is CCCN1CCC(C(C)NCC2(N(C)C)CCC2)CC1. The molecule has 0 radical (unpaired) electrons. The minimum atomic E-state index is 0.456. The number of nitrogens with one attached hydrogen (secondary N) is 1. The van der Waals surface area contributed by atoms with E-state index >= 15 is 0 Å². The second-order valence-corrected chi connectivity index (χ2v) is 7.32. The van der Waals surface area contributed by atoms with Gasteiger partial charge in [0.2, 0.25) is 0 Å². The average Bonchev–Trinajstić information content (AvgIpc) is 2.38. The van der Waals surface area contributed by atoms with Crippen LogP contribution in [0.1, 0.15) is 52.4 Å². The summed E-state index contributed by atoms with van der Waals surface area (Å²) in [6.45, 7) is 9.78. The summed E-state index contributed by atoms with van der Waals surface area (Å²) < 4.78 is 0. The van der Waals surface area contributed by atoms with Crippen molar-refractivity contribution in [3.63, 3.8) is 0 Å². The van der Waals surface area contributed by atoms with Crippen LogP contribution in [0.4, 0.5) is 0 Å². The molecule has 0 amide bonds. The molecule has 1 aliphatic carbocycles. The summed E-state index contributed by atoms with van der Waals surface area (Å²) in [7, 11) is 4.49. The van der Waals surface area contributed by atoms with Gasteiger partial charge in [0.05, 0.1) is 0 Å². The molecule has 1 saturated carbocycles. The zero-order valence-corrected chi connectivity index (χ0v) is 14.1. The van der Waals surface area contributed by atoms with Crippen LogP contribution in [0.2, 0.25) is 0 Å². The van der Waals surface area contributed by atoms with Crippen LogP contribution in [-0.2, 0) is 0 Å². The average molecular weight is 281 g/mol. The molecule has 2 fully saturated rings. The molecule has 3 heteroatoms. The molecule has 1 unspecified atom stereocenters. The molecule has 0 bridgehead atoms. The van der Waals surface area contributed by atoms with E-state index in [-0.39, 0.29) is 0 Å². The van der Waals surface area contributed by atoms with Gasteiger partial charge in [0.1, 0.15) is 0 Å². The van der Waals surface area contributed by atoms with Crippen molar-refractivity contribution in [2.45, 2.75) is 64.0 Å². The molecule has 1 atom stereocenters. The van der Waals surface area contributed by atoms with Gasteiger partial charge in [0.25, 0.3) is 0 Å². The Labute approximate surface area is 126 Å². The molecule has 2 aliphatic rings. The first-order valence-corrected chi connectivity index (χ1v) is 8.70. The van der Waals surface area contributed by atoms with Crippen LogP contribution in [0.5, 0.6) is 0 Å². The Morgan fingerprint density at radius 3 is 2.35 bits per heavy atom. The van der Waals surface area contributed by atoms with Crippen LogP contribution in [0.15, 0.2) is 0 Å². The molecule has 1 heterocycles. The molecular weight excluding hydrogens is 246 g/mol. The third-order valence-electron chi connectivity index (χ3n) is 5.87. The lowest BCUT2D eigenvalue weighted by atomic mass is 9.75. The number of nitrogens with zero attached hydrogens (tertiary/aromatic N) is 2. The number of hydrogen-bond acceptors (Lipinski definition) is 3. The number of piperidine rings is 1. The van der Waals surface area contributed by atoms with Crippen LogP contribution in [0.25, 0.3) is 0 Å². The monoisotopic (exact) mass is 281 g/mol. The van der Waals surface area contributed by atoms with E-state index in [1.807, 2.05) is 0 Å². The van der Waals surface area contributed by atoms with Crippen molar-refractivity contribution in [1.82, 2.24) is 15.1 Å². The molecule has 0 spiro atoms. The lowest BCUT2D eigenvalue weighted by molar-refractivity contribution is 0.0528. The first-order chi connectivity index (χ1) is 9.57. The number of hydrogen-bond donors (Lipinski definition) is 1. The summed E-state index contributed by atoms with van der Waals surface area (Å²) in [6.07, 6.45) is 8.20. The summed E-state index contributed by atoms with van der Waals surface area (Å²) in [6, 6.07) is 0.677. The van der Waals surface area contributed by atoms with Crippen LogP contribution in [-0.4, -0.2) is 61.7 Å². The van der Waals surface area contributed by atoms with Gasteiger partial charge in [-0.15, -0.1) is 0 Å². The van der Waals surface area contributed by atoms with Crippen LogP contribution in [0, 0.1) is 5.92 Å². The lowest BCUT2D eigenvalue weighted by Gasteiger charge is -2.48. The van der Waals surface area contributed by atoms with Gasteiger partial charge >= 0.3 is 0 Å². The third kappa shape index (κ3) is 3.75. The molecule has 1 saturated heterocycles. The Morgan fingerprint density at radius 2 is 1.90 bits per heavy atom. The van der Waals surface area contributed by atoms with E-state index in [0.29, 0.717) is 11.6 Å². The first-order valence-electron chi connectivity index (χ1n) is 8.70. The number of likely N-dealkylation sites (tertiary alicyclic amines) is 1. The molecule has 118 valence electrons. The second-order valence-electron chi connectivity index (χ2n) is 7.32. The van der Waals surface area contributed by atoms with Gasteiger partial charge in [0.15, 0.2) is 0 Å². The predicted molar refractivity (Wildman–Crippen MR) is 87.2 cm³/mol. The van der Waals surface area contributed by atoms with Gasteiger partial charge in [-0.25, -0.2) is 0 Å². The molecule has 2 rings (SSSR count). The Balaban J connectivity index is 1.71. The van der Waals surface area contributed by atoms with E-state index in [9.17, 15) is 0 Å². The van der Waals surface area contributed by atoms with Gasteiger partial charge in [-0.1, -0.05) is 6.92 Å². The Kier molecular flexibility index (Phi) is 5.88. The molecular formula is C17H35N3. The van der Waals surface area contributed by atoms with Gasteiger partial charge in [0, 0.05) is 18.1 Å². The van der Waals surface area contributed by atoms with E-state index in [2.05, 4.69) is 43.1 Å². The van der Waals surface area contributed by atoms with Crippen molar-refractivity contribution < 1.29 is 0 Å². The van der Waals surface area contributed by atoms with Crippen molar-refractivity contribution in [1.29, 1.82) is 0 Å². The van der Waals surface area contributed by atoms with E-state index < -0.39 is 0 Å². The van der Waals surface area contributed by atoms with Crippen LogP contribution < -0.4 is 5.32 Å². The van der Waals surface area contributed by atoms with Gasteiger partial charge in [-0.2, -0.15) is 0 Å². The van der Waals surface area contributed by atoms with Crippen molar-refractivity contribution in [3.05, 3.63) is 0 Å². The number of likely N-dealkylation sites (N-methyl/N-ethyl adjacent to an activating group) is 1. The summed E-state index contributed by atoms with van der Waals surface area (Å²) in [5.41, 5.74) is 0.456. The fraction of sp³-hybridized carbons (Fsp3) is 1.00. The van der Waals surface area contributed by atoms with Gasteiger partial charge in [-0.3, -0.25) is 0 Å². The summed E-state index contributed by atoms with van der Waals surface area (Å²) in [4.78, 5) is 5.08. The van der Waals surface area contributed by atoms with E-state index in [0.717, 1.165) is 5.92 Å². The van der Waals surface area contributed by atoms with E-state index in [1.54, 1.807) is 0 Å². The highest BCUT2D eigenvalue weighted by Gasteiger charge is 2.39. The highest BCUT2D eigenvalue weighted by molar-refractivity contribution is 4.98. The van der Waals surface area contributed by atoms with Gasteiger partial charge < -0.3 is 15.1 Å². The van der Waals surface area contributed by atoms with Gasteiger partial charge in [-0.05, 0) is 85.1 Å². The zero-order valence-electron chi connectivity index (χ0n) is 14.1. The highest BCUT2D eigenvalue weighted by atomic mass is 15.2. The van der Waals surface area contributed by atoms with Crippen LogP contribution >= 0.6 is 0 Å². The summed E-state index contributed by atoms with van der Waals surface area (Å²) in [5.74, 6) is 0.877. The Bertz CT molecular complexity index is 278. The Morgan fingerprint density at radius 1 is 1.25 bits per heavy atom. The fourth-order valence-electron chi connectivity index (χ4n) is 3.88. The third-order valence-corrected chi connectivity index (χ3v) is 5.87. The topological polar surface area (TPSA) is 18.5 Å². The normalized spacial score (nSPS) is 25.6. The maximum atomic E-state index is 3.86. The van der Waals surface area contributed by atoms with Crippen LogP contribution in [0.3, 0.4) is 0 Å². The maximum absolute atomic E-state index is 3.86. The molecule has 0 aromatic heterocycles. The fourth-order valence-corrected chi connectivity index (χ4v) is 3.88. The summed E-state index contributed by atoms with van der Waals surface area (Å²) >= 11 is 0. The maximum Gasteiger partial charge on any atom is 0.0328 e. The van der Waals surface area contributed by atoms with Crippen molar-refractivity contribution >= 4 is 0 Å². The minimum absolute atomic E-state index is 0.456. The molecule has 0 aromatic carbocycles. The van der Waals surface area contributed by atoms with Crippen molar-refractivity contribution in [3.8, 4) is 0 Å². The highest BCUT2D eigenvalue weighted by Crippen LogP contribution is 2.35. The lowest BCUT2D eigenvalue weighted by Crippen LogP contribution is -2.58. The predicted octanol–water partition coefficient (Wildman–Crippen LogP) is 2.57. The minimum Gasteiger partial charge on any atom is -0.312 e. The van der Waals surface area contributed by atoms with E-state index in [4.69, 9.17) is 0 Å². The molecule has 20 heavy (non-hydrogen) atoms. The Hall–Kier alpha value is -0.120.